The van der Waals surface area contributed by atoms with Gasteiger partial charge in [0.1, 0.15) is 29.6 Å². The zero-order chi connectivity index (χ0) is 29.1. The van der Waals surface area contributed by atoms with E-state index < -0.39 is 0 Å². The van der Waals surface area contributed by atoms with E-state index in [0.29, 0.717) is 38.0 Å². The molecule has 0 amide bonds. The quantitative estimate of drug-likeness (QED) is 0.210. The summed E-state index contributed by atoms with van der Waals surface area (Å²) in [5, 5.41) is 11.4. The predicted octanol–water partition coefficient (Wildman–Crippen LogP) is 8.43. The Bertz CT molecular complexity index is 1630. The summed E-state index contributed by atoms with van der Waals surface area (Å²) in [5.41, 5.74) is 9.15. The van der Waals surface area contributed by atoms with E-state index in [-0.39, 0.29) is 0 Å². The van der Waals surface area contributed by atoms with E-state index in [1.54, 1.807) is 14.2 Å². The second-order valence-electron chi connectivity index (χ2n) is 10.7. The van der Waals surface area contributed by atoms with E-state index in [9.17, 15) is 5.11 Å². The summed E-state index contributed by atoms with van der Waals surface area (Å²) in [6.07, 6.45) is 2.34. The number of benzene rings is 5. The van der Waals surface area contributed by atoms with Gasteiger partial charge in [-0.3, -0.25) is 0 Å². The van der Waals surface area contributed by atoms with Crippen LogP contribution in [-0.4, -0.2) is 19.3 Å². The van der Waals surface area contributed by atoms with Crippen molar-refractivity contribution in [2.24, 2.45) is 0 Å². The Balaban J connectivity index is 1.54. The average molecular weight is 622 g/mol. The van der Waals surface area contributed by atoms with Crippen molar-refractivity contribution < 1.29 is 19.3 Å². The number of aromatic hydroxyl groups is 1. The van der Waals surface area contributed by atoms with Crippen LogP contribution in [0.4, 0.5) is 0 Å². The molecule has 5 heteroatoms. The molecule has 5 aromatic rings. The van der Waals surface area contributed by atoms with Gasteiger partial charge in [0.25, 0.3) is 0 Å². The maximum Gasteiger partial charge on any atom is 0.126 e. The maximum absolute atomic E-state index is 11.4. The summed E-state index contributed by atoms with van der Waals surface area (Å²) in [6, 6.07) is 33.1. The number of hydrogen-bond donors (Lipinski definition) is 1. The number of para-hydroxylation sites is 3. The van der Waals surface area contributed by atoms with Gasteiger partial charge in [0.15, 0.2) is 0 Å². The number of methoxy groups -OCH3 is 2. The first-order chi connectivity index (χ1) is 20.5. The molecule has 0 heterocycles. The highest BCUT2D eigenvalue weighted by Crippen LogP contribution is 2.39. The highest BCUT2D eigenvalue weighted by Gasteiger charge is 2.21. The fourth-order valence-corrected chi connectivity index (χ4v) is 6.55. The first kappa shape index (κ1) is 27.9. The number of phenolic OH excluding ortho intramolecular Hbond substituents is 1. The lowest BCUT2D eigenvalue weighted by molar-refractivity contribution is 0.300. The highest BCUT2D eigenvalue weighted by atomic mass is 79.9. The molecular weight excluding hydrogens is 588 g/mol. The topological polar surface area (TPSA) is 47.9 Å². The zero-order valence-corrected chi connectivity index (χ0v) is 25.4. The van der Waals surface area contributed by atoms with Gasteiger partial charge in [0.05, 0.1) is 14.2 Å². The molecule has 8 bridgehead atoms. The van der Waals surface area contributed by atoms with E-state index >= 15 is 0 Å². The Labute approximate surface area is 255 Å². The standard InChI is InChI=1S/C37H33BrO4/c1-40-35-25-11-6-13-27(35)19-31-21-33(38)22-32(34(31)39)20-28-14-7-12-26(36(28)41-2)18-30-16-8-15-29(17-25)37(30)42-23-24-9-4-3-5-10-24/h3-16,21-22,39H,17-20,23H2,1-2H3. The number of rotatable bonds is 5. The Morgan fingerprint density at radius 1 is 0.548 bits per heavy atom. The van der Waals surface area contributed by atoms with Crippen molar-refractivity contribution in [3.63, 3.8) is 0 Å². The minimum Gasteiger partial charge on any atom is -0.507 e. The van der Waals surface area contributed by atoms with Gasteiger partial charge in [-0.05, 0) is 62.2 Å². The van der Waals surface area contributed by atoms with Crippen LogP contribution in [0.3, 0.4) is 0 Å². The minimum atomic E-state index is 0.298. The van der Waals surface area contributed by atoms with Gasteiger partial charge in [0, 0.05) is 30.2 Å². The summed E-state index contributed by atoms with van der Waals surface area (Å²) < 4.78 is 19.6. The van der Waals surface area contributed by atoms with Crippen LogP contribution in [0.2, 0.25) is 0 Å². The predicted molar refractivity (Wildman–Crippen MR) is 170 cm³/mol. The van der Waals surface area contributed by atoms with Gasteiger partial charge in [-0.1, -0.05) is 101 Å². The smallest absolute Gasteiger partial charge is 0.126 e. The number of halogens is 1. The van der Waals surface area contributed by atoms with Crippen LogP contribution in [0.15, 0.2) is 102 Å². The van der Waals surface area contributed by atoms with Gasteiger partial charge in [-0.15, -0.1) is 0 Å². The summed E-state index contributed by atoms with van der Waals surface area (Å²) >= 11 is 3.68. The van der Waals surface area contributed by atoms with Crippen molar-refractivity contribution in [2.45, 2.75) is 32.3 Å². The molecule has 6 rings (SSSR count). The molecule has 0 unspecified atom stereocenters. The van der Waals surface area contributed by atoms with Crippen molar-refractivity contribution in [1.82, 2.24) is 0 Å². The minimum absolute atomic E-state index is 0.298. The Kier molecular flexibility index (Phi) is 8.20. The number of ether oxygens (including phenoxy) is 3. The molecule has 4 nitrogen and oxygen atoms in total. The van der Waals surface area contributed by atoms with Crippen LogP contribution in [-0.2, 0) is 32.3 Å². The Morgan fingerprint density at radius 3 is 1.38 bits per heavy atom. The van der Waals surface area contributed by atoms with E-state index in [0.717, 1.165) is 71.8 Å². The van der Waals surface area contributed by atoms with Crippen molar-refractivity contribution in [3.8, 4) is 23.0 Å². The second-order valence-corrected chi connectivity index (χ2v) is 11.6. The SMILES string of the molecule is COc1c2cccc1Cc1cccc(c1OCc1ccccc1)Cc1cccc(c1OC)Cc1cc(Br)cc(c1O)C2. The number of phenols is 1. The van der Waals surface area contributed by atoms with Crippen molar-refractivity contribution in [1.29, 1.82) is 0 Å². The molecule has 5 aromatic carbocycles. The molecule has 0 atom stereocenters. The van der Waals surface area contributed by atoms with Gasteiger partial charge in [0.2, 0.25) is 0 Å². The second kappa shape index (κ2) is 12.3. The molecule has 0 aliphatic heterocycles. The molecule has 1 aliphatic carbocycles. The molecule has 212 valence electrons. The van der Waals surface area contributed by atoms with Crippen LogP contribution in [0.1, 0.15) is 50.1 Å². The lowest BCUT2D eigenvalue weighted by atomic mass is 9.91. The van der Waals surface area contributed by atoms with Crippen LogP contribution >= 0.6 is 15.9 Å². The summed E-state index contributed by atoms with van der Waals surface area (Å²) in [5.74, 6) is 2.85. The fraction of sp³-hybridized carbons (Fsp3) is 0.189. The van der Waals surface area contributed by atoms with Crippen molar-refractivity contribution >= 4 is 15.9 Å². The van der Waals surface area contributed by atoms with Crippen LogP contribution < -0.4 is 14.2 Å². The molecule has 42 heavy (non-hydrogen) atoms. The summed E-state index contributed by atoms with van der Waals surface area (Å²) in [7, 11) is 3.43. The third-order valence-electron chi connectivity index (χ3n) is 7.92. The lowest BCUT2D eigenvalue weighted by Gasteiger charge is -2.21. The third-order valence-corrected chi connectivity index (χ3v) is 8.38. The van der Waals surface area contributed by atoms with Gasteiger partial charge < -0.3 is 19.3 Å². The molecule has 0 saturated heterocycles. The maximum atomic E-state index is 11.4. The van der Waals surface area contributed by atoms with Crippen LogP contribution in [0.5, 0.6) is 23.0 Å². The van der Waals surface area contributed by atoms with Crippen molar-refractivity contribution in [3.05, 3.63) is 152 Å². The lowest BCUT2D eigenvalue weighted by Crippen LogP contribution is -2.07. The molecule has 0 aromatic heterocycles. The van der Waals surface area contributed by atoms with E-state index in [1.165, 1.54) is 0 Å². The Hall–Kier alpha value is -4.22. The molecular formula is C37H33BrO4. The first-order valence-corrected chi connectivity index (χ1v) is 14.9. The van der Waals surface area contributed by atoms with E-state index in [1.807, 2.05) is 30.3 Å². The molecule has 1 aliphatic rings. The van der Waals surface area contributed by atoms with E-state index in [2.05, 4.69) is 82.7 Å². The molecule has 0 radical (unpaired) electrons. The van der Waals surface area contributed by atoms with E-state index in [4.69, 9.17) is 14.2 Å². The normalized spacial score (nSPS) is 12.5. The third kappa shape index (κ3) is 5.75. The van der Waals surface area contributed by atoms with Crippen molar-refractivity contribution in [2.75, 3.05) is 14.2 Å². The number of hydrogen-bond acceptors (Lipinski definition) is 4. The van der Waals surface area contributed by atoms with Crippen LogP contribution in [0, 0.1) is 0 Å². The number of fused-ring (bicyclic) bond motifs is 8. The first-order valence-electron chi connectivity index (χ1n) is 14.1. The highest BCUT2D eigenvalue weighted by molar-refractivity contribution is 9.10. The molecule has 1 N–H and O–H groups in total. The zero-order valence-electron chi connectivity index (χ0n) is 23.8. The Morgan fingerprint density at radius 2 is 0.952 bits per heavy atom. The average Bonchev–Trinajstić information content (AvgIpc) is 2.99. The molecule has 0 saturated carbocycles. The van der Waals surface area contributed by atoms with Gasteiger partial charge in [-0.2, -0.15) is 0 Å². The van der Waals surface area contributed by atoms with Crippen LogP contribution in [0.25, 0.3) is 0 Å². The van der Waals surface area contributed by atoms with Gasteiger partial charge in [-0.25, -0.2) is 0 Å². The molecule has 0 fully saturated rings. The largest absolute Gasteiger partial charge is 0.507 e. The monoisotopic (exact) mass is 620 g/mol. The summed E-state index contributed by atoms with van der Waals surface area (Å²) in [4.78, 5) is 0. The van der Waals surface area contributed by atoms with Gasteiger partial charge >= 0.3 is 0 Å². The fourth-order valence-electron chi connectivity index (χ4n) is 6.00. The molecule has 0 spiro atoms. The summed E-state index contributed by atoms with van der Waals surface area (Å²) in [6.45, 7) is 0.474.